The van der Waals surface area contributed by atoms with Crippen LogP contribution in [0.5, 0.6) is 17.2 Å². The van der Waals surface area contributed by atoms with E-state index in [0.29, 0.717) is 16.5 Å². The van der Waals surface area contributed by atoms with Crippen molar-refractivity contribution in [2.45, 2.75) is 26.2 Å². The van der Waals surface area contributed by atoms with Crippen molar-refractivity contribution in [3.63, 3.8) is 0 Å². The summed E-state index contributed by atoms with van der Waals surface area (Å²) < 4.78 is 6.74. The maximum absolute atomic E-state index is 9.33. The summed E-state index contributed by atoms with van der Waals surface area (Å²) in [5, 5.41) is 9.70. The highest BCUT2D eigenvalue weighted by atomic mass is 79.9. The number of phenols is 1. The van der Waals surface area contributed by atoms with Crippen molar-refractivity contribution in [1.82, 2.24) is 0 Å². The van der Waals surface area contributed by atoms with Crippen molar-refractivity contribution >= 4 is 27.5 Å². The molecule has 4 heteroatoms. The molecule has 0 aliphatic heterocycles. The minimum Gasteiger partial charge on any atom is -0.508 e. The molecule has 2 aromatic rings. The van der Waals surface area contributed by atoms with Crippen LogP contribution in [0, 0.1) is 0 Å². The molecule has 0 saturated carbocycles. The number of hydrogen-bond donors (Lipinski definition) is 1. The monoisotopic (exact) mass is 354 g/mol. The van der Waals surface area contributed by atoms with Gasteiger partial charge in [0.25, 0.3) is 0 Å². The topological polar surface area (TPSA) is 29.5 Å². The predicted molar refractivity (Wildman–Crippen MR) is 86.0 cm³/mol. The van der Waals surface area contributed by atoms with E-state index >= 15 is 0 Å². The number of benzene rings is 2. The Morgan fingerprint density at radius 3 is 2.35 bits per heavy atom. The van der Waals surface area contributed by atoms with E-state index in [2.05, 4.69) is 36.7 Å². The summed E-state index contributed by atoms with van der Waals surface area (Å²) in [4.78, 5) is 0. The Labute approximate surface area is 132 Å². The maximum Gasteiger partial charge on any atom is 0.146 e. The normalized spacial score (nSPS) is 11.4. The molecule has 0 fully saturated rings. The van der Waals surface area contributed by atoms with Crippen LogP contribution in [0.1, 0.15) is 26.3 Å². The van der Waals surface area contributed by atoms with Crippen LogP contribution in [-0.2, 0) is 5.41 Å². The van der Waals surface area contributed by atoms with Gasteiger partial charge in [0.1, 0.15) is 17.2 Å². The average molecular weight is 356 g/mol. The molecule has 0 spiro atoms. The van der Waals surface area contributed by atoms with Gasteiger partial charge in [-0.05, 0) is 35.2 Å². The predicted octanol–water partition coefficient (Wildman–Crippen LogP) is 5.90. The van der Waals surface area contributed by atoms with Crippen LogP contribution in [0.4, 0.5) is 0 Å². The molecule has 2 rings (SSSR count). The Bertz CT molecular complexity index is 633. The van der Waals surface area contributed by atoms with E-state index in [1.165, 1.54) is 11.6 Å². The summed E-state index contributed by atoms with van der Waals surface area (Å²) in [7, 11) is 0. The van der Waals surface area contributed by atoms with Gasteiger partial charge in [0.15, 0.2) is 0 Å². The van der Waals surface area contributed by atoms with Crippen LogP contribution >= 0.6 is 27.5 Å². The van der Waals surface area contributed by atoms with E-state index in [1.54, 1.807) is 12.1 Å². The second kappa shape index (κ2) is 5.66. The number of hydrogen-bond acceptors (Lipinski definition) is 2. The number of halogens is 2. The Morgan fingerprint density at radius 1 is 1.10 bits per heavy atom. The van der Waals surface area contributed by atoms with Gasteiger partial charge in [-0.15, -0.1) is 0 Å². The molecule has 0 heterocycles. The van der Waals surface area contributed by atoms with Gasteiger partial charge >= 0.3 is 0 Å². The van der Waals surface area contributed by atoms with Gasteiger partial charge in [-0.3, -0.25) is 0 Å². The molecule has 0 saturated heterocycles. The first-order chi connectivity index (χ1) is 9.27. The van der Waals surface area contributed by atoms with E-state index < -0.39 is 0 Å². The van der Waals surface area contributed by atoms with Crippen molar-refractivity contribution in [2.24, 2.45) is 0 Å². The number of phenolic OH excluding ortho intramolecular Hbond substituents is 1. The molecule has 0 radical (unpaired) electrons. The van der Waals surface area contributed by atoms with Gasteiger partial charge in [-0.1, -0.05) is 54.4 Å². The van der Waals surface area contributed by atoms with Gasteiger partial charge in [-0.25, -0.2) is 0 Å². The zero-order valence-electron chi connectivity index (χ0n) is 11.6. The van der Waals surface area contributed by atoms with Crippen LogP contribution in [0.3, 0.4) is 0 Å². The van der Waals surface area contributed by atoms with Crippen LogP contribution < -0.4 is 4.74 Å². The Kier molecular flexibility index (Phi) is 4.31. The van der Waals surface area contributed by atoms with Crippen LogP contribution in [0.25, 0.3) is 0 Å². The second-order valence-corrected chi connectivity index (χ2v) is 6.87. The molecule has 1 N–H and O–H groups in total. The molecule has 2 aromatic carbocycles. The Balaban J connectivity index is 2.29. The lowest BCUT2D eigenvalue weighted by Gasteiger charge is -2.21. The molecule has 0 atom stereocenters. The quantitative estimate of drug-likeness (QED) is 0.727. The number of ether oxygens (including phenoxy) is 1. The highest BCUT2D eigenvalue weighted by molar-refractivity contribution is 9.10. The minimum absolute atomic E-state index is 0.0630. The molecule has 20 heavy (non-hydrogen) atoms. The standard InChI is InChI=1S/C16H16BrClO2/c1-16(2,3)12-6-5-11(9-13(12)17)20-15-7-4-10(19)8-14(15)18/h4-9,19H,1-3H3. The van der Waals surface area contributed by atoms with E-state index in [9.17, 15) is 5.11 Å². The number of aromatic hydroxyl groups is 1. The van der Waals surface area contributed by atoms with Crippen molar-refractivity contribution in [2.75, 3.05) is 0 Å². The summed E-state index contributed by atoms with van der Waals surface area (Å²) in [6, 6.07) is 10.5. The third kappa shape index (κ3) is 3.47. The zero-order chi connectivity index (χ0) is 14.9. The highest BCUT2D eigenvalue weighted by Gasteiger charge is 2.17. The fraction of sp³-hybridized carbons (Fsp3) is 0.250. The average Bonchev–Trinajstić information content (AvgIpc) is 2.31. The van der Waals surface area contributed by atoms with E-state index in [1.807, 2.05) is 18.2 Å². The summed E-state index contributed by atoms with van der Waals surface area (Å²) >= 11 is 9.60. The first-order valence-electron chi connectivity index (χ1n) is 6.24. The number of rotatable bonds is 2. The summed E-state index contributed by atoms with van der Waals surface area (Å²) in [5.41, 5.74) is 1.27. The molecule has 0 aromatic heterocycles. The molecular weight excluding hydrogens is 340 g/mol. The molecule has 0 aliphatic rings. The van der Waals surface area contributed by atoms with E-state index in [0.717, 1.165) is 4.47 Å². The Morgan fingerprint density at radius 2 is 1.80 bits per heavy atom. The van der Waals surface area contributed by atoms with Gasteiger partial charge in [-0.2, -0.15) is 0 Å². The van der Waals surface area contributed by atoms with Crippen LogP contribution in [0.2, 0.25) is 5.02 Å². The van der Waals surface area contributed by atoms with E-state index in [4.69, 9.17) is 16.3 Å². The third-order valence-electron chi connectivity index (χ3n) is 2.89. The third-order valence-corrected chi connectivity index (χ3v) is 3.84. The highest BCUT2D eigenvalue weighted by Crippen LogP contribution is 2.36. The molecule has 0 bridgehead atoms. The molecule has 2 nitrogen and oxygen atoms in total. The van der Waals surface area contributed by atoms with Crippen molar-refractivity contribution in [3.05, 3.63) is 51.5 Å². The fourth-order valence-electron chi connectivity index (χ4n) is 1.87. The first kappa shape index (κ1) is 15.2. The summed E-state index contributed by atoms with van der Waals surface area (Å²) in [6.07, 6.45) is 0. The molecule has 0 unspecified atom stereocenters. The smallest absolute Gasteiger partial charge is 0.146 e. The van der Waals surface area contributed by atoms with Gasteiger partial charge in [0.2, 0.25) is 0 Å². The van der Waals surface area contributed by atoms with Crippen LogP contribution in [0.15, 0.2) is 40.9 Å². The zero-order valence-corrected chi connectivity index (χ0v) is 13.9. The van der Waals surface area contributed by atoms with Gasteiger partial charge in [0.05, 0.1) is 5.02 Å². The van der Waals surface area contributed by atoms with Crippen LogP contribution in [-0.4, -0.2) is 5.11 Å². The molecule has 0 aliphatic carbocycles. The SMILES string of the molecule is CC(C)(C)c1ccc(Oc2ccc(O)cc2Cl)cc1Br. The molecule has 106 valence electrons. The minimum atomic E-state index is 0.0630. The molecule has 0 amide bonds. The summed E-state index contributed by atoms with van der Waals surface area (Å²) in [6.45, 7) is 6.47. The van der Waals surface area contributed by atoms with Gasteiger partial charge < -0.3 is 9.84 Å². The summed E-state index contributed by atoms with van der Waals surface area (Å²) in [5.74, 6) is 1.32. The lowest BCUT2D eigenvalue weighted by molar-refractivity contribution is 0.464. The largest absolute Gasteiger partial charge is 0.508 e. The van der Waals surface area contributed by atoms with Crippen molar-refractivity contribution in [3.8, 4) is 17.2 Å². The van der Waals surface area contributed by atoms with Crippen molar-refractivity contribution in [1.29, 1.82) is 0 Å². The Hall–Kier alpha value is -1.19. The lowest BCUT2D eigenvalue weighted by Crippen LogP contribution is -2.11. The fourth-order valence-corrected chi connectivity index (χ4v) is 3.03. The second-order valence-electron chi connectivity index (χ2n) is 5.61. The lowest BCUT2D eigenvalue weighted by atomic mass is 9.87. The first-order valence-corrected chi connectivity index (χ1v) is 7.41. The van der Waals surface area contributed by atoms with Gasteiger partial charge in [0, 0.05) is 10.5 Å². The van der Waals surface area contributed by atoms with E-state index in [-0.39, 0.29) is 11.2 Å². The maximum atomic E-state index is 9.33. The van der Waals surface area contributed by atoms with Crippen molar-refractivity contribution < 1.29 is 9.84 Å². The molecular formula is C16H16BrClO2.